The number of aliphatic hydroxyl groups is 2. The van der Waals surface area contributed by atoms with Crippen molar-refractivity contribution in [2.24, 2.45) is 5.73 Å². The lowest BCUT2D eigenvalue weighted by atomic mass is 10.2. The van der Waals surface area contributed by atoms with Gasteiger partial charge in [0.25, 0.3) is 0 Å². The number of hydrogen-bond donors (Lipinski definition) is 3. The second-order valence-corrected chi connectivity index (χ2v) is 3.35. The van der Waals surface area contributed by atoms with Crippen LogP contribution in [0, 0.1) is 0 Å². The lowest BCUT2D eigenvalue weighted by molar-refractivity contribution is -0.0844. The lowest BCUT2D eigenvalue weighted by Gasteiger charge is -2.27. The maximum Gasteiger partial charge on any atom is 0.106 e. The number of aliphatic hydroxyl groups excluding tert-OH is 2. The van der Waals surface area contributed by atoms with Crippen LogP contribution in [0.4, 0.5) is 0 Å². The molecule has 0 aromatic carbocycles. The Morgan fingerprint density at radius 1 is 1.08 bits per heavy atom. The Labute approximate surface area is 80.3 Å². The Kier molecular flexibility index (Phi) is 7.17. The van der Waals surface area contributed by atoms with E-state index in [0.29, 0.717) is 6.54 Å². The Morgan fingerprint density at radius 3 is 2.00 bits per heavy atom. The molecule has 0 rings (SSSR count). The third-order valence-corrected chi connectivity index (χ3v) is 2.08. The van der Waals surface area contributed by atoms with Crippen LogP contribution in [0.15, 0.2) is 0 Å². The Bertz CT molecular complexity index is 110. The van der Waals surface area contributed by atoms with Crippen LogP contribution >= 0.6 is 0 Å². The van der Waals surface area contributed by atoms with Gasteiger partial charge in [-0.15, -0.1) is 0 Å². The highest BCUT2D eigenvalue weighted by Gasteiger charge is 2.14. The minimum atomic E-state index is -0.585. The first kappa shape index (κ1) is 12.8. The number of hydrogen-bond acceptors (Lipinski definition) is 4. The van der Waals surface area contributed by atoms with Gasteiger partial charge in [-0.1, -0.05) is 6.42 Å². The van der Waals surface area contributed by atoms with Crippen molar-refractivity contribution >= 4 is 0 Å². The monoisotopic (exact) mass is 190 g/mol. The highest BCUT2D eigenvalue weighted by Crippen LogP contribution is 2.04. The summed E-state index contributed by atoms with van der Waals surface area (Å²) >= 11 is 0. The average molecular weight is 190 g/mol. The molecule has 0 aromatic heterocycles. The van der Waals surface area contributed by atoms with Crippen LogP contribution in [-0.2, 0) is 0 Å². The third kappa shape index (κ3) is 5.99. The summed E-state index contributed by atoms with van der Waals surface area (Å²) in [5.41, 5.74) is 5.35. The molecule has 4 nitrogen and oxygen atoms in total. The van der Waals surface area contributed by atoms with Gasteiger partial charge in [0, 0.05) is 6.54 Å². The molecule has 0 spiro atoms. The van der Waals surface area contributed by atoms with Crippen LogP contribution in [0.2, 0.25) is 0 Å². The highest BCUT2D eigenvalue weighted by atomic mass is 16.3. The van der Waals surface area contributed by atoms with Gasteiger partial charge in [0.05, 0.1) is 0 Å². The van der Waals surface area contributed by atoms with E-state index in [2.05, 4.69) is 0 Å². The van der Waals surface area contributed by atoms with Gasteiger partial charge in [0.15, 0.2) is 0 Å². The van der Waals surface area contributed by atoms with E-state index in [1.165, 1.54) is 0 Å². The van der Waals surface area contributed by atoms with Crippen LogP contribution in [-0.4, -0.2) is 40.7 Å². The highest BCUT2D eigenvalue weighted by molar-refractivity contribution is 4.59. The first-order chi connectivity index (χ1) is 6.09. The van der Waals surface area contributed by atoms with Gasteiger partial charge in [-0.05, 0) is 33.2 Å². The maximum atomic E-state index is 9.28. The largest absolute Gasteiger partial charge is 0.379 e. The van der Waals surface area contributed by atoms with Crippen LogP contribution < -0.4 is 5.73 Å². The first-order valence-electron chi connectivity index (χ1n) is 4.91. The topological polar surface area (TPSA) is 69.7 Å². The zero-order chi connectivity index (χ0) is 10.3. The van der Waals surface area contributed by atoms with Crippen molar-refractivity contribution in [1.82, 2.24) is 4.90 Å². The molecule has 0 amide bonds. The van der Waals surface area contributed by atoms with Gasteiger partial charge in [-0.3, -0.25) is 4.90 Å². The van der Waals surface area contributed by atoms with Crippen LogP contribution in [0.3, 0.4) is 0 Å². The molecule has 0 aliphatic heterocycles. The summed E-state index contributed by atoms with van der Waals surface area (Å²) in [5.74, 6) is 0. The SMILES string of the molecule is CC(O)N(CCCCCN)C(C)O. The molecule has 0 aliphatic carbocycles. The van der Waals surface area contributed by atoms with E-state index in [0.717, 1.165) is 25.8 Å². The molecule has 0 aromatic rings. The van der Waals surface area contributed by atoms with E-state index in [1.54, 1.807) is 18.7 Å². The molecule has 0 radical (unpaired) electrons. The minimum absolute atomic E-state index is 0.585. The van der Waals surface area contributed by atoms with Crippen LogP contribution in [0.1, 0.15) is 33.1 Å². The number of rotatable bonds is 7. The van der Waals surface area contributed by atoms with Gasteiger partial charge in [0.2, 0.25) is 0 Å². The zero-order valence-corrected chi connectivity index (χ0v) is 8.61. The fourth-order valence-corrected chi connectivity index (χ4v) is 1.30. The van der Waals surface area contributed by atoms with Gasteiger partial charge < -0.3 is 15.9 Å². The van der Waals surface area contributed by atoms with E-state index >= 15 is 0 Å². The van der Waals surface area contributed by atoms with Crippen molar-refractivity contribution in [2.45, 2.75) is 45.6 Å². The van der Waals surface area contributed by atoms with Gasteiger partial charge in [-0.25, -0.2) is 0 Å². The smallest absolute Gasteiger partial charge is 0.106 e. The van der Waals surface area contributed by atoms with Crippen molar-refractivity contribution in [1.29, 1.82) is 0 Å². The molecule has 13 heavy (non-hydrogen) atoms. The van der Waals surface area contributed by atoms with Crippen molar-refractivity contribution in [3.05, 3.63) is 0 Å². The molecule has 0 aliphatic rings. The summed E-state index contributed by atoms with van der Waals surface area (Å²) in [6.45, 7) is 4.75. The normalized spacial score (nSPS) is 16.2. The maximum absolute atomic E-state index is 9.28. The van der Waals surface area contributed by atoms with Crippen molar-refractivity contribution in [3.8, 4) is 0 Å². The Hall–Kier alpha value is -0.160. The number of nitrogens with two attached hydrogens (primary N) is 1. The van der Waals surface area contributed by atoms with E-state index in [9.17, 15) is 10.2 Å². The fourth-order valence-electron chi connectivity index (χ4n) is 1.30. The summed E-state index contributed by atoms with van der Waals surface area (Å²) in [5, 5.41) is 18.6. The molecule has 0 saturated heterocycles. The molecule has 2 atom stereocenters. The molecule has 0 saturated carbocycles. The molecule has 2 unspecified atom stereocenters. The molecular formula is C9H22N2O2. The second kappa shape index (κ2) is 7.26. The molecule has 4 N–H and O–H groups in total. The van der Waals surface area contributed by atoms with Crippen molar-refractivity contribution in [3.63, 3.8) is 0 Å². The summed E-state index contributed by atoms with van der Waals surface area (Å²) in [6, 6.07) is 0. The van der Waals surface area contributed by atoms with Crippen molar-refractivity contribution < 1.29 is 10.2 Å². The van der Waals surface area contributed by atoms with Crippen molar-refractivity contribution in [2.75, 3.05) is 13.1 Å². The second-order valence-electron chi connectivity index (χ2n) is 3.35. The predicted octanol–water partition coefficient (Wildman–Crippen LogP) is 0.0940. The summed E-state index contributed by atoms with van der Waals surface area (Å²) in [6.07, 6.45) is 1.85. The Balaban J connectivity index is 3.58. The average Bonchev–Trinajstić information content (AvgIpc) is 2.02. The molecule has 0 heterocycles. The van der Waals surface area contributed by atoms with Gasteiger partial charge in [0.1, 0.15) is 12.5 Å². The van der Waals surface area contributed by atoms with Crippen LogP contribution in [0.5, 0.6) is 0 Å². The summed E-state index contributed by atoms with van der Waals surface area (Å²) < 4.78 is 0. The van der Waals surface area contributed by atoms with E-state index in [1.807, 2.05) is 0 Å². The Morgan fingerprint density at radius 2 is 1.62 bits per heavy atom. The standard InChI is InChI=1S/C9H22N2O2/c1-8(12)11(9(2)13)7-5-3-4-6-10/h8-9,12-13H,3-7,10H2,1-2H3. The summed E-state index contributed by atoms with van der Waals surface area (Å²) in [4.78, 5) is 1.65. The van der Waals surface area contributed by atoms with Gasteiger partial charge >= 0.3 is 0 Å². The lowest BCUT2D eigenvalue weighted by Crippen LogP contribution is -2.40. The van der Waals surface area contributed by atoms with E-state index in [4.69, 9.17) is 5.73 Å². The molecule has 0 fully saturated rings. The molecular weight excluding hydrogens is 168 g/mol. The number of nitrogens with zero attached hydrogens (tertiary/aromatic N) is 1. The fraction of sp³-hybridized carbons (Fsp3) is 1.00. The van der Waals surface area contributed by atoms with Crippen LogP contribution in [0.25, 0.3) is 0 Å². The molecule has 80 valence electrons. The third-order valence-electron chi connectivity index (χ3n) is 2.08. The number of unbranched alkanes of at least 4 members (excludes halogenated alkanes) is 2. The molecule has 4 heteroatoms. The molecule has 0 bridgehead atoms. The minimum Gasteiger partial charge on any atom is -0.379 e. The van der Waals surface area contributed by atoms with E-state index < -0.39 is 12.5 Å². The predicted molar refractivity (Wildman–Crippen MR) is 53.0 cm³/mol. The quantitative estimate of drug-likeness (QED) is 0.393. The summed E-state index contributed by atoms with van der Waals surface area (Å²) in [7, 11) is 0. The van der Waals surface area contributed by atoms with E-state index in [-0.39, 0.29) is 0 Å². The van der Waals surface area contributed by atoms with Gasteiger partial charge in [-0.2, -0.15) is 0 Å². The first-order valence-corrected chi connectivity index (χ1v) is 4.91. The zero-order valence-electron chi connectivity index (χ0n) is 8.61.